The monoisotopic (exact) mass is 221 g/mol. The van der Waals surface area contributed by atoms with Crippen molar-refractivity contribution in [2.24, 2.45) is 0 Å². The molecule has 0 aliphatic carbocycles. The summed E-state index contributed by atoms with van der Waals surface area (Å²) in [5.41, 5.74) is 2.09. The molecule has 1 heterocycles. The van der Waals surface area contributed by atoms with Crippen molar-refractivity contribution in [3.05, 3.63) is 34.9 Å². The van der Waals surface area contributed by atoms with Crippen LogP contribution in [-0.4, -0.2) is 23.4 Å². The van der Waals surface area contributed by atoms with E-state index in [0.29, 0.717) is 6.54 Å². The van der Waals surface area contributed by atoms with E-state index in [-0.39, 0.29) is 12.6 Å². The summed E-state index contributed by atoms with van der Waals surface area (Å²) in [5, 5.41) is 22.8. The number of hydrogen-bond acceptors (Lipinski definition) is 3. The molecule has 0 saturated carbocycles. The first-order valence-corrected chi connectivity index (χ1v) is 5.80. The maximum absolute atomic E-state index is 10.3. The SMILES string of the molecule is CCc1ccc2c(c1)C(C)NCC2(O)CO. The van der Waals surface area contributed by atoms with Crippen LogP contribution in [0.4, 0.5) is 0 Å². The summed E-state index contributed by atoms with van der Waals surface area (Å²) in [4.78, 5) is 0. The highest BCUT2D eigenvalue weighted by atomic mass is 16.3. The highest BCUT2D eigenvalue weighted by Gasteiger charge is 2.36. The zero-order valence-corrected chi connectivity index (χ0v) is 9.83. The molecule has 1 aromatic rings. The summed E-state index contributed by atoms with van der Waals surface area (Å²) in [6.07, 6.45) is 0.984. The van der Waals surface area contributed by atoms with Crippen molar-refractivity contribution in [1.82, 2.24) is 5.32 Å². The van der Waals surface area contributed by atoms with Crippen LogP contribution >= 0.6 is 0 Å². The third-order valence-corrected chi connectivity index (χ3v) is 3.45. The zero-order valence-electron chi connectivity index (χ0n) is 9.83. The van der Waals surface area contributed by atoms with Crippen LogP contribution in [0.2, 0.25) is 0 Å². The first-order valence-electron chi connectivity index (χ1n) is 5.80. The summed E-state index contributed by atoms with van der Waals surface area (Å²) >= 11 is 0. The van der Waals surface area contributed by atoms with Gasteiger partial charge in [0.15, 0.2) is 0 Å². The fourth-order valence-electron chi connectivity index (χ4n) is 2.28. The highest BCUT2D eigenvalue weighted by molar-refractivity contribution is 5.40. The molecule has 1 aliphatic heterocycles. The Kier molecular flexibility index (Phi) is 3.02. The summed E-state index contributed by atoms with van der Waals surface area (Å²) in [7, 11) is 0. The smallest absolute Gasteiger partial charge is 0.125 e. The second-order valence-corrected chi connectivity index (χ2v) is 4.57. The molecule has 2 unspecified atom stereocenters. The Morgan fingerprint density at radius 2 is 2.25 bits per heavy atom. The number of fused-ring (bicyclic) bond motifs is 1. The van der Waals surface area contributed by atoms with E-state index in [0.717, 1.165) is 17.5 Å². The first kappa shape index (κ1) is 11.6. The van der Waals surface area contributed by atoms with Gasteiger partial charge in [-0.15, -0.1) is 0 Å². The molecule has 0 aromatic heterocycles. The van der Waals surface area contributed by atoms with E-state index < -0.39 is 5.60 Å². The quantitative estimate of drug-likeness (QED) is 0.701. The second kappa shape index (κ2) is 4.17. The van der Waals surface area contributed by atoms with Crippen molar-refractivity contribution in [3.8, 4) is 0 Å². The van der Waals surface area contributed by atoms with E-state index in [9.17, 15) is 10.2 Å². The van der Waals surface area contributed by atoms with E-state index in [4.69, 9.17) is 0 Å². The molecule has 0 amide bonds. The van der Waals surface area contributed by atoms with E-state index in [1.807, 2.05) is 12.1 Å². The van der Waals surface area contributed by atoms with Crippen LogP contribution in [0.25, 0.3) is 0 Å². The number of β-amino-alcohol motifs (C(OH)–C–C–N with tert-alkyl or cyclic N) is 1. The lowest BCUT2D eigenvalue weighted by atomic mass is 9.83. The average Bonchev–Trinajstić information content (AvgIpc) is 2.34. The number of aryl methyl sites for hydroxylation is 1. The van der Waals surface area contributed by atoms with E-state index in [1.54, 1.807) is 0 Å². The Labute approximate surface area is 96.1 Å². The topological polar surface area (TPSA) is 52.5 Å². The molecular weight excluding hydrogens is 202 g/mol. The van der Waals surface area contributed by atoms with Crippen LogP contribution in [0.3, 0.4) is 0 Å². The molecule has 1 aliphatic rings. The van der Waals surface area contributed by atoms with E-state index in [1.165, 1.54) is 5.56 Å². The molecule has 0 radical (unpaired) electrons. The number of benzene rings is 1. The van der Waals surface area contributed by atoms with Gasteiger partial charge in [-0.3, -0.25) is 0 Å². The minimum atomic E-state index is -1.13. The van der Waals surface area contributed by atoms with Gasteiger partial charge in [0, 0.05) is 12.6 Å². The van der Waals surface area contributed by atoms with Gasteiger partial charge in [-0.1, -0.05) is 25.1 Å². The lowest BCUT2D eigenvalue weighted by Crippen LogP contribution is -2.47. The molecule has 1 aromatic carbocycles. The molecule has 2 rings (SSSR count). The van der Waals surface area contributed by atoms with Crippen molar-refractivity contribution in [1.29, 1.82) is 0 Å². The minimum Gasteiger partial charge on any atom is -0.393 e. The molecule has 0 saturated heterocycles. The number of nitrogens with one attached hydrogen (secondary N) is 1. The molecule has 0 bridgehead atoms. The fraction of sp³-hybridized carbons (Fsp3) is 0.538. The van der Waals surface area contributed by atoms with E-state index >= 15 is 0 Å². The van der Waals surface area contributed by atoms with Gasteiger partial charge in [0.2, 0.25) is 0 Å². The van der Waals surface area contributed by atoms with Gasteiger partial charge in [0.1, 0.15) is 5.60 Å². The van der Waals surface area contributed by atoms with Crippen molar-refractivity contribution >= 4 is 0 Å². The van der Waals surface area contributed by atoms with Gasteiger partial charge in [-0.25, -0.2) is 0 Å². The van der Waals surface area contributed by atoms with Gasteiger partial charge >= 0.3 is 0 Å². The Hall–Kier alpha value is -0.900. The van der Waals surface area contributed by atoms with Crippen LogP contribution in [0.15, 0.2) is 18.2 Å². The molecule has 3 heteroatoms. The Balaban J connectivity index is 2.51. The predicted molar refractivity (Wildman–Crippen MR) is 63.2 cm³/mol. The molecule has 3 N–H and O–H groups in total. The Morgan fingerprint density at radius 3 is 2.88 bits per heavy atom. The van der Waals surface area contributed by atoms with Gasteiger partial charge < -0.3 is 15.5 Å². The third kappa shape index (κ3) is 1.75. The van der Waals surface area contributed by atoms with Crippen LogP contribution in [0.5, 0.6) is 0 Å². The van der Waals surface area contributed by atoms with Crippen LogP contribution in [-0.2, 0) is 12.0 Å². The number of hydrogen-bond donors (Lipinski definition) is 3. The molecule has 16 heavy (non-hydrogen) atoms. The zero-order chi connectivity index (χ0) is 11.8. The fourth-order valence-corrected chi connectivity index (χ4v) is 2.28. The molecule has 0 fully saturated rings. The summed E-state index contributed by atoms with van der Waals surface area (Å²) in [5.74, 6) is 0. The lowest BCUT2D eigenvalue weighted by molar-refractivity contribution is -0.0266. The largest absolute Gasteiger partial charge is 0.393 e. The van der Waals surface area contributed by atoms with Gasteiger partial charge in [-0.05, 0) is 30.0 Å². The molecule has 2 atom stereocenters. The van der Waals surface area contributed by atoms with Crippen molar-refractivity contribution < 1.29 is 10.2 Å². The predicted octanol–water partition coefficient (Wildman–Crippen LogP) is 1.09. The molecular formula is C13H19NO2. The van der Waals surface area contributed by atoms with Crippen molar-refractivity contribution in [2.45, 2.75) is 31.9 Å². The van der Waals surface area contributed by atoms with Crippen molar-refractivity contribution in [3.63, 3.8) is 0 Å². The third-order valence-electron chi connectivity index (χ3n) is 3.45. The molecule has 0 spiro atoms. The van der Waals surface area contributed by atoms with Gasteiger partial charge in [0.05, 0.1) is 6.61 Å². The highest BCUT2D eigenvalue weighted by Crippen LogP contribution is 2.33. The Bertz CT molecular complexity index is 392. The summed E-state index contributed by atoms with van der Waals surface area (Å²) < 4.78 is 0. The first-order chi connectivity index (χ1) is 7.60. The van der Waals surface area contributed by atoms with Crippen molar-refractivity contribution in [2.75, 3.05) is 13.2 Å². The standard InChI is InChI=1S/C13H19NO2/c1-3-10-4-5-12-11(6-10)9(2)14-7-13(12,16)8-15/h4-6,9,14-16H,3,7-8H2,1-2H3. The van der Waals surface area contributed by atoms with Gasteiger partial charge in [0.25, 0.3) is 0 Å². The number of aliphatic hydroxyl groups excluding tert-OH is 1. The van der Waals surface area contributed by atoms with E-state index in [2.05, 4.69) is 25.2 Å². The number of rotatable bonds is 2. The average molecular weight is 221 g/mol. The lowest BCUT2D eigenvalue weighted by Gasteiger charge is -2.37. The maximum atomic E-state index is 10.3. The summed E-state index contributed by atoms with van der Waals surface area (Å²) in [6.45, 7) is 4.35. The Morgan fingerprint density at radius 1 is 1.50 bits per heavy atom. The number of aliphatic hydroxyl groups is 2. The van der Waals surface area contributed by atoms with Crippen LogP contribution in [0.1, 0.15) is 36.6 Å². The summed E-state index contributed by atoms with van der Waals surface area (Å²) in [6, 6.07) is 6.32. The maximum Gasteiger partial charge on any atom is 0.125 e. The molecule has 3 nitrogen and oxygen atoms in total. The second-order valence-electron chi connectivity index (χ2n) is 4.57. The molecule has 88 valence electrons. The van der Waals surface area contributed by atoms with Crippen LogP contribution < -0.4 is 5.32 Å². The van der Waals surface area contributed by atoms with Gasteiger partial charge in [-0.2, -0.15) is 0 Å². The normalized spacial score (nSPS) is 28.9. The van der Waals surface area contributed by atoms with Crippen LogP contribution in [0, 0.1) is 0 Å². The minimum absolute atomic E-state index is 0.230.